The first-order valence-electron chi connectivity index (χ1n) is 7.68. The highest BCUT2D eigenvalue weighted by molar-refractivity contribution is 5.53. The molecule has 2 aromatic rings. The highest BCUT2D eigenvalue weighted by Gasteiger charge is 2.19. The molecule has 0 amide bonds. The number of nitrogens with zero attached hydrogens (tertiary/aromatic N) is 6. The van der Waals surface area contributed by atoms with E-state index in [0.29, 0.717) is 5.56 Å². The predicted octanol–water partition coefficient (Wildman–Crippen LogP) is 1.74. The van der Waals surface area contributed by atoms with E-state index in [2.05, 4.69) is 32.1 Å². The van der Waals surface area contributed by atoms with E-state index in [4.69, 9.17) is 5.26 Å². The fourth-order valence-electron chi connectivity index (χ4n) is 2.69. The molecule has 2 heterocycles. The summed E-state index contributed by atoms with van der Waals surface area (Å²) in [5, 5.41) is 17.6. The molecule has 1 aromatic heterocycles. The number of hydrogen-bond donors (Lipinski definition) is 0. The lowest BCUT2D eigenvalue weighted by Gasteiger charge is -2.36. The minimum absolute atomic E-state index is 0.704. The quantitative estimate of drug-likeness (QED) is 0.861. The minimum atomic E-state index is 0.704. The van der Waals surface area contributed by atoms with Crippen LogP contribution in [0.5, 0.6) is 0 Å². The monoisotopic (exact) mass is 308 g/mol. The summed E-state index contributed by atoms with van der Waals surface area (Å²) in [4.78, 5) is 6.49. The Labute approximate surface area is 136 Å². The van der Waals surface area contributed by atoms with Crippen LogP contribution in [0.1, 0.15) is 5.56 Å². The maximum atomic E-state index is 9.02. The zero-order chi connectivity index (χ0) is 16.2. The molecule has 0 unspecified atom stereocenters. The zero-order valence-electron chi connectivity index (χ0n) is 13.5. The van der Waals surface area contributed by atoms with Gasteiger partial charge in [0.15, 0.2) is 11.6 Å². The average Bonchev–Trinajstić information content (AvgIpc) is 2.62. The van der Waals surface area contributed by atoms with E-state index in [9.17, 15) is 0 Å². The van der Waals surface area contributed by atoms with Gasteiger partial charge in [-0.2, -0.15) is 5.26 Å². The van der Waals surface area contributed by atoms with Crippen molar-refractivity contribution >= 4 is 17.3 Å². The van der Waals surface area contributed by atoms with Crippen molar-refractivity contribution in [3.8, 4) is 6.07 Å². The van der Waals surface area contributed by atoms with Crippen molar-refractivity contribution in [3.63, 3.8) is 0 Å². The fourth-order valence-corrected chi connectivity index (χ4v) is 2.69. The van der Waals surface area contributed by atoms with Crippen LogP contribution in [0.25, 0.3) is 0 Å². The molecular weight excluding hydrogens is 288 g/mol. The van der Waals surface area contributed by atoms with Gasteiger partial charge in [-0.3, -0.25) is 0 Å². The lowest BCUT2D eigenvalue weighted by molar-refractivity contribution is 0.643. The van der Waals surface area contributed by atoms with Crippen LogP contribution in [-0.2, 0) is 0 Å². The minimum Gasteiger partial charge on any atom is -0.368 e. The molecule has 1 fully saturated rings. The second kappa shape index (κ2) is 6.53. The predicted molar refractivity (Wildman–Crippen MR) is 91.9 cm³/mol. The molecule has 0 radical (unpaired) electrons. The van der Waals surface area contributed by atoms with Crippen LogP contribution in [0.15, 0.2) is 36.4 Å². The lowest BCUT2D eigenvalue weighted by Crippen LogP contribution is -2.46. The molecule has 1 saturated heterocycles. The molecule has 0 N–H and O–H groups in total. The maximum absolute atomic E-state index is 9.02. The van der Waals surface area contributed by atoms with Crippen LogP contribution in [-0.4, -0.2) is 50.5 Å². The van der Waals surface area contributed by atoms with Crippen LogP contribution in [0, 0.1) is 11.3 Å². The number of rotatable bonds is 3. The van der Waals surface area contributed by atoms with Crippen molar-refractivity contribution in [2.75, 3.05) is 55.0 Å². The molecule has 1 aliphatic heterocycles. The summed E-state index contributed by atoms with van der Waals surface area (Å²) in [6.45, 7) is 3.61. The van der Waals surface area contributed by atoms with Crippen molar-refractivity contribution in [2.45, 2.75) is 0 Å². The SMILES string of the molecule is CN(C)c1ccc(N2CCN(c3cccc(C#N)c3)CC2)nn1. The van der Waals surface area contributed by atoms with Crippen molar-refractivity contribution in [2.24, 2.45) is 0 Å². The van der Waals surface area contributed by atoms with E-state index >= 15 is 0 Å². The third-order valence-electron chi connectivity index (χ3n) is 4.04. The van der Waals surface area contributed by atoms with Crippen molar-refractivity contribution < 1.29 is 0 Å². The number of aromatic nitrogens is 2. The second-order valence-corrected chi connectivity index (χ2v) is 5.78. The Hall–Kier alpha value is -2.81. The molecule has 6 heteroatoms. The molecule has 1 aromatic carbocycles. The highest BCUT2D eigenvalue weighted by Crippen LogP contribution is 2.20. The number of benzene rings is 1. The number of piperazine rings is 1. The Kier molecular flexibility index (Phi) is 4.29. The number of nitriles is 1. The average molecular weight is 308 g/mol. The Bertz CT molecular complexity index is 696. The van der Waals surface area contributed by atoms with E-state index in [1.54, 1.807) is 0 Å². The van der Waals surface area contributed by atoms with Crippen molar-refractivity contribution in [1.29, 1.82) is 5.26 Å². The largest absolute Gasteiger partial charge is 0.368 e. The molecule has 0 aliphatic carbocycles. The third kappa shape index (κ3) is 3.34. The van der Waals surface area contributed by atoms with Gasteiger partial charge in [-0.05, 0) is 30.3 Å². The molecule has 1 aliphatic rings. The molecular formula is C17H20N6. The normalized spacial score (nSPS) is 14.5. The third-order valence-corrected chi connectivity index (χ3v) is 4.04. The van der Waals surface area contributed by atoms with Crippen LogP contribution in [0.3, 0.4) is 0 Å². The van der Waals surface area contributed by atoms with Crippen LogP contribution in [0.2, 0.25) is 0 Å². The second-order valence-electron chi connectivity index (χ2n) is 5.78. The Morgan fingerprint density at radius 1 is 1.00 bits per heavy atom. The summed E-state index contributed by atoms with van der Waals surface area (Å²) in [5.41, 5.74) is 1.81. The fraction of sp³-hybridized carbons (Fsp3) is 0.353. The zero-order valence-corrected chi connectivity index (χ0v) is 13.5. The van der Waals surface area contributed by atoms with E-state index in [1.807, 2.05) is 49.3 Å². The first kappa shape index (κ1) is 15.1. The van der Waals surface area contributed by atoms with Crippen LogP contribution < -0.4 is 14.7 Å². The van der Waals surface area contributed by atoms with Gasteiger partial charge in [-0.15, -0.1) is 10.2 Å². The van der Waals surface area contributed by atoms with Gasteiger partial charge in [-0.1, -0.05) is 6.07 Å². The number of anilines is 3. The summed E-state index contributed by atoms with van der Waals surface area (Å²) in [6.07, 6.45) is 0. The van der Waals surface area contributed by atoms with Gasteiger partial charge in [0, 0.05) is 46.0 Å². The van der Waals surface area contributed by atoms with Gasteiger partial charge in [0.1, 0.15) is 0 Å². The van der Waals surface area contributed by atoms with Crippen molar-refractivity contribution in [1.82, 2.24) is 10.2 Å². The van der Waals surface area contributed by atoms with Gasteiger partial charge >= 0.3 is 0 Å². The Balaban J connectivity index is 1.65. The summed E-state index contributed by atoms with van der Waals surface area (Å²) in [5.74, 6) is 1.78. The summed E-state index contributed by atoms with van der Waals surface area (Å²) < 4.78 is 0. The van der Waals surface area contributed by atoms with E-state index in [1.165, 1.54) is 0 Å². The smallest absolute Gasteiger partial charge is 0.151 e. The summed E-state index contributed by atoms with van der Waals surface area (Å²) >= 11 is 0. The van der Waals surface area contributed by atoms with Gasteiger partial charge in [-0.25, -0.2) is 0 Å². The van der Waals surface area contributed by atoms with Gasteiger partial charge in [0.25, 0.3) is 0 Å². The van der Waals surface area contributed by atoms with Crippen LogP contribution >= 0.6 is 0 Å². The highest BCUT2D eigenvalue weighted by atomic mass is 15.3. The van der Waals surface area contributed by atoms with Crippen molar-refractivity contribution in [3.05, 3.63) is 42.0 Å². The van der Waals surface area contributed by atoms with E-state index in [-0.39, 0.29) is 0 Å². The Morgan fingerprint density at radius 3 is 2.35 bits per heavy atom. The van der Waals surface area contributed by atoms with E-state index < -0.39 is 0 Å². The molecule has 3 rings (SSSR count). The topological polar surface area (TPSA) is 59.3 Å². The molecule has 0 atom stereocenters. The Morgan fingerprint density at radius 2 is 1.74 bits per heavy atom. The molecule has 0 bridgehead atoms. The van der Waals surface area contributed by atoms with Gasteiger partial charge in [0.2, 0.25) is 0 Å². The standard InChI is InChI=1S/C17H20N6/c1-21(2)16-6-7-17(20-19-16)23-10-8-22(9-11-23)15-5-3-4-14(12-15)13-18/h3-7,12H,8-11H2,1-2H3. The molecule has 6 nitrogen and oxygen atoms in total. The first-order chi connectivity index (χ1) is 11.2. The molecule has 23 heavy (non-hydrogen) atoms. The lowest BCUT2D eigenvalue weighted by atomic mass is 10.2. The molecule has 118 valence electrons. The summed E-state index contributed by atoms with van der Waals surface area (Å²) in [7, 11) is 3.91. The van der Waals surface area contributed by atoms with E-state index in [0.717, 1.165) is 43.5 Å². The van der Waals surface area contributed by atoms with Gasteiger partial charge in [0.05, 0.1) is 11.6 Å². The maximum Gasteiger partial charge on any atom is 0.151 e. The van der Waals surface area contributed by atoms with Crippen LogP contribution in [0.4, 0.5) is 17.3 Å². The van der Waals surface area contributed by atoms with Gasteiger partial charge < -0.3 is 14.7 Å². The number of hydrogen-bond acceptors (Lipinski definition) is 6. The molecule has 0 spiro atoms. The summed E-state index contributed by atoms with van der Waals surface area (Å²) in [6, 6.07) is 14.0. The molecule has 0 saturated carbocycles. The first-order valence-corrected chi connectivity index (χ1v) is 7.68.